The van der Waals surface area contributed by atoms with Gasteiger partial charge in [0, 0.05) is 18.0 Å². The lowest BCUT2D eigenvalue weighted by molar-refractivity contribution is -0.137. The first-order chi connectivity index (χ1) is 9.24. The Morgan fingerprint density at radius 1 is 1.55 bits per heavy atom. The second-order valence-corrected chi connectivity index (χ2v) is 3.97. The Morgan fingerprint density at radius 2 is 2.20 bits per heavy atom. The number of hydrogen-bond acceptors (Lipinski definition) is 4. The van der Waals surface area contributed by atoms with E-state index >= 15 is 0 Å². The molecule has 1 aromatic heterocycles. The normalized spacial score (nSPS) is 11.9. The maximum atomic E-state index is 12.4. The Kier molecular flexibility index (Phi) is 5.09. The van der Waals surface area contributed by atoms with Crippen molar-refractivity contribution in [2.45, 2.75) is 13.1 Å². The highest BCUT2D eigenvalue weighted by Crippen LogP contribution is 2.33. The van der Waals surface area contributed by atoms with Gasteiger partial charge in [-0.15, -0.1) is 0 Å². The number of amides is 1. The monoisotopic (exact) mass is 307 g/mol. The van der Waals surface area contributed by atoms with Gasteiger partial charge in [0.1, 0.15) is 5.02 Å². The van der Waals surface area contributed by atoms with Gasteiger partial charge in [-0.2, -0.15) is 13.2 Å². The van der Waals surface area contributed by atoms with Crippen LogP contribution in [0.4, 0.5) is 13.2 Å². The fourth-order valence-corrected chi connectivity index (χ4v) is 1.33. The minimum atomic E-state index is -4.56. The summed E-state index contributed by atoms with van der Waals surface area (Å²) in [7, 11) is 0. The van der Waals surface area contributed by atoms with Crippen LogP contribution in [0.25, 0.3) is 0 Å². The zero-order chi connectivity index (χ0) is 15.3. The number of carbonyl (C=O) groups excluding carboxylic acids is 1. The largest absolute Gasteiger partial charge is 0.420 e. The van der Waals surface area contributed by atoms with E-state index in [1.54, 1.807) is 0 Å². The lowest BCUT2D eigenvalue weighted by Crippen LogP contribution is -2.13. The predicted octanol–water partition coefficient (Wildman–Crippen LogP) is 2.76. The van der Waals surface area contributed by atoms with Crippen molar-refractivity contribution in [3.8, 4) is 5.88 Å². The molecule has 0 atom stereocenters. The van der Waals surface area contributed by atoms with Crippen molar-refractivity contribution in [1.29, 1.82) is 5.41 Å². The molecule has 2 N–H and O–H groups in total. The van der Waals surface area contributed by atoms with Crippen LogP contribution in [0.1, 0.15) is 12.5 Å². The second-order valence-electron chi connectivity index (χ2n) is 3.56. The van der Waals surface area contributed by atoms with Crippen LogP contribution in [0.3, 0.4) is 0 Å². The van der Waals surface area contributed by atoms with Gasteiger partial charge in [0.25, 0.3) is 0 Å². The van der Waals surface area contributed by atoms with E-state index in [0.717, 1.165) is 6.08 Å². The Hall–Kier alpha value is -2.09. The number of halogens is 4. The van der Waals surface area contributed by atoms with Crippen LogP contribution in [0, 0.1) is 5.41 Å². The molecule has 0 spiro atoms. The molecule has 0 saturated carbocycles. The topological polar surface area (TPSA) is 75.1 Å². The van der Waals surface area contributed by atoms with E-state index in [-0.39, 0.29) is 10.9 Å². The summed E-state index contributed by atoms with van der Waals surface area (Å²) in [6.07, 6.45) is -2.46. The standard InChI is InChI=1S/C11H9ClF3N3O2/c1-6(18-5-19)2-9(16)20-10-8(12)3-7(4-17-10)11(13,14)15/h2-5,16H,1H3,(H,18,19)/b6-2-,16-9?. The SMILES string of the molecule is C/C(=C/C(=N)Oc1ncc(C(F)(F)F)cc1Cl)NC=O. The van der Waals surface area contributed by atoms with Gasteiger partial charge in [-0.3, -0.25) is 10.2 Å². The third-order valence-corrected chi connectivity index (χ3v) is 2.25. The van der Waals surface area contributed by atoms with Crippen LogP contribution < -0.4 is 10.1 Å². The number of rotatable bonds is 4. The molecular formula is C11H9ClF3N3O2. The van der Waals surface area contributed by atoms with Crippen molar-refractivity contribution in [1.82, 2.24) is 10.3 Å². The molecule has 1 heterocycles. The lowest BCUT2D eigenvalue weighted by atomic mass is 10.3. The van der Waals surface area contributed by atoms with Gasteiger partial charge in [0.05, 0.1) is 5.56 Å². The van der Waals surface area contributed by atoms with Crippen LogP contribution >= 0.6 is 11.6 Å². The molecule has 0 fully saturated rings. The van der Waals surface area contributed by atoms with E-state index in [1.807, 2.05) is 0 Å². The average molecular weight is 308 g/mol. The van der Waals surface area contributed by atoms with Crippen LogP contribution in [-0.2, 0) is 11.0 Å². The first-order valence-corrected chi connectivity index (χ1v) is 5.49. The Morgan fingerprint density at radius 3 is 2.70 bits per heavy atom. The number of ether oxygens (including phenoxy) is 1. The molecule has 0 aliphatic carbocycles. The molecule has 0 unspecified atom stereocenters. The number of hydrogen-bond donors (Lipinski definition) is 2. The number of carbonyl (C=O) groups is 1. The highest BCUT2D eigenvalue weighted by atomic mass is 35.5. The molecule has 0 aliphatic rings. The summed E-state index contributed by atoms with van der Waals surface area (Å²) in [6.45, 7) is 1.49. The maximum Gasteiger partial charge on any atom is 0.417 e. The zero-order valence-electron chi connectivity index (χ0n) is 10.1. The Bertz CT molecular complexity index is 558. The second kappa shape index (κ2) is 6.38. The number of pyridine rings is 1. The van der Waals surface area contributed by atoms with Crippen molar-refractivity contribution < 1.29 is 22.7 Å². The van der Waals surface area contributed by atoms with E-state index in [1.165, 1.54) is 6.92 Å². The number of nitrogens with one attached hydrogen (secondary N) is 2. The van der Waals surface area contributed by atoms with Gasteiger partial charge in [0.2, 0.25) is 18.2 Å². The van der Waals surface area contributed by atoms with Gasteiger partial charge >= 0.3 is 6.18 Å². The summed E-state index contributed by atoms with van der Waals surface area (Å²) in [5.41, 5.74) is -0.705. The quantitative estimate of drug-likeness (QED) is 0.510. The average Bonchev–Trinajstić information content (AvgIpc) is 2.30. The molecule has 1 aromatic rings. The summed E-state index contributed by atoms with van der Waals surface area (Å²) in [5.74, 6) is -0.772. The minimum Gasteiger partial charge on any atom is -0.420 e. The van der Waals surface area contributed by atoms with E-state index in [0.29, 0.717) is 24.4 Å². The van der Waals surface area contributed by atoms with Crippen LogP contribution in [0.5, 0.6) is 5.88 Å². The summed E-state index contributed by atoms with van der Waals surface area (Å²) < 4.78 is 42.0. The van der Waals surface area contributed by atoms with Gasteiger partial charge in [0.15, 0.2) is 0 Å². The predicted molar refractivity (Wildman–Crippen MR) is 65.6 cm³/mol. The van der Waals surface area contributed by atoms with Crippen LogP contribution in [0.2, 0.25) is 5.02 Å². The first kappa shape index (κ1) is 16.0. The van der Waals surface area contributed by atoms with Crippen LogP contribution in [0.15, 0.2) is 24.0 Å². The van der Waals surface area contributed by atoms with Crippen molar-refractivity contribution in [3.05, 3.63) is 34.6 Å². The molecule has 9 heteroatoms. The van der Waals surface area contributed by atoms with Crippen molar-refractivity contribution >= 4 is 23.9 Å². The Balaban J connectivity index is 2.87. The molecule has 1 amide bonds. The highest BCUT2D eigenvalue weighted by molar-refractivity contribution is 6.32. The van der Waals surface area contributed by atoms with Crippen molar-refractivity contribution in [2.24, 2.45) is 0 Å². The molecule has 0 aliphatic heterocycles. The van der Waals surface area contributed by atoms with Crippen LogP contribution in [-0.4, -0.2) is 17.3 Å². The minimum absolute atomic E-state index is 0.313. The number of alkyl halides is 3. The maximum absolute atomic E-state index is 12.4. The van der Waals surface area contributed by atoms with E-state index in [4.69, 9.17) is 21.7 Å². The van der Waals surface area contributed by atoms with Gasteiger partial charge in [-0.1, -0.05) is 11.6 Å². The van der Waals surface area contributed by atoms with E-state index in [9.17, 15) is 18.0 Å². The van der Waals surface area contributed by atoms with Gasteiger partial charge in [-0.05, 0) is 13.0 Å². The molecule has 0 radical (unpaired) electrons. The van der Waals surface area contributed by atoms with Gasteiger partial charge < -0.3 is 10.1 Å². The fourth-order valence-electron chi connectivity index (χ4n) is 1.12. The Labute approximate surface area is 116 Å². The third-order valence-electron chi connectivity index (χ3n) is 1.98. The van der Waals surface area contributed by atoms with Crippen molar-refractivity contribution in [3.63, 3.8) is 0 Å². The molecular weight excluding hydrogens is 299 g/mol. The number of nitrogens with zero attached hydrogens (tertiary/aromatic N) is 1. The molecule has 0 aromatic carbocycles. The highest BCUT2D eigenvalue weighted by Gasteiger charge is 2.31. The molecule has 0 saturated heterocycles. The zero-order valence-corrected chi connectivity index (χ0v) is 10.8. The van der Waals surface area contributed by atoms with Crippen molar-refractivity contribution in [2.75, 3.05) is 0 Å². The van der Waals surface area contributed by atoms with Gasteiger partial charge in [-0.25, -0.2) is 4.98 Å². The summed E-state index contributed by atoms with van der Waals surface area (Å²) in [5, 5.41) is 9.32. The molecule has 20 heavy (non-hydrogen) atoms. The van der Waals surface area contributed by atoms with E-state index in [2.05, 4.69) is 10.3 Å². The molecule has 5 nitrogen and oxygen atoms in total. The van der Waals surface area contributed by atoms with E-state index < -0.39 is 17.6 Å². The third kappa shape index (κ3) is 4.54. The molecule has 1 rings (SSSR count). The molecule has 0 bridgehead atoms. The first-order valence-electron chi connectivity index (χ1n) is 5.11. The molecule has 108 valence electrons. The summed E-state index contributed by atoms with van der Waals surface area (Å²) in [4.78, 5) is 13.5. The fraction of sp³-hybridized carbons (Fsp3) is 0.182. The lowest BCUT2D eigenvalue weighted by Gasteiger charge is -2.09. The summed E-state index contributed by atoms with van der Waals surface area (Å²) in [6, 6.07) is 0.650. The summed E-state index contributed by atoms with van der Waals surface area (Å²) >= 11 is 5.60. The number of aromatic nitrogens is 1. The smallest absolute Gasteiger partial charge is 0.417 e. The number of allylic oxidation sites excluding steroid dienone is 1.